The van der Waals surface area contributed by atoms with E-state index in [-0.39, 0.29) is 5.88 Å². The van der Waals surface area contributed by atoms with E-state index >= 15 is 0 Å². The van der Waals surface area contributed by atoms with Crippen LogP contribution in [0.3, 0.4) is 0 Å². The van der Waals surface area contributed by atoms with Gasteiger partial charge in [0.2, 0.25) is 5.88 Å². The van der Waals surface area contributed by atoms with Gasteiger partial charge in [-0.05, 0) is 6.42 Å². The summed E-state index contributed by atoms with van der Waals surface area (Å²) in [4.78, 5) is 0. The third-order valence-corrected chi connectivity index (χ3v) is 2.55. The van der Waals surface area contributed by atoms with Crippen molar-refractivity contribution in [2.45, 2.75) is 26.3 Å². The van der Waals surface area contributed by atoms with Gasteiger partial charge in [-0.1, -0.05) is 43.7 Å². The van der Waals surface area contributed by atoms with E-state index < -0.39 is 0 Å². The van der Waals surface area contributed by atoms with Gasteiger partial charge in [-0.15, -0.1) is 0 Å². The van der Waals surface area contributed by atoms with Gasteiger partial charge in [0.1, 0.15) is 0 Å². The zero-order valence-corrected chi connectivity index (χ0v) is 9.43. The van der Waals surface area contributed by atoms with Crippen LogP contribution in [-0.2, 0) is 6.54 Å². The van der Waals surface area contributed by atoms with Gasteiger partial charge in [0, 0.05) is 18.2 Å². The van der Waals surface area contributed by atoms with Gasteiger partial charge in [-0.25, -0.2) is 4.68 Å². The molecule has 16 heavy (non-hydrogen) atoms. The van der Waals surface area contributed by atoms with Crippen molar-refractivity contribution in [3.05, 3.63) is 36.4 Å². The molecule has 3 nitrogen and oxygen atoms in total. The first kappa shape index (κ1) is 10.7. The molecule has 0 fully saturated rings. The number of rotatable bonds is 4. The van der Waals surface area contributed by atoms with Crippen LogP contribution >= 0.6 is 0 Å². The Morgan fingerprint density at radius 2 is 2.00 bits per heavy atom. The molecule has 1 aromatic carbocycles. The molecule has 1 heterocycles. The molecular weight excluding hydrogens is 200 g/mol. The Balaban J connectivity index is 2.24. The fraction of sp³-hybridized carbons (Fsp3) is 0.308. The Labute approximate surface area is 95.3 Å². The lowest BCUT2D eigenvalue weighted by atomic mass is 10.2. The molecule has 0 spiro atoms. The van der Waals surface area contributed by atoms with Crippen LogP contribution in [0.25, 0.3) is 11.3 Å². The summed E-state index contributed by atoms with van der Waals surface area (Å²) in [5.41, 5.74) is 1.86. The van der Waals surface area contributed by atoms with Gasteiger partial charge in [-0.3, -0.25) is 0 Å². The van der Waals surface area contributed by atoms with Crippen LogP contribution < -0.4 is 0 Å². The van der Waals surface area contributed by atoms with Crippen LogP contribution in [0.4, 0.5) is 0 Å². The maximum atomic E-state index is 9.72. The van der Waals surface area contributed by atoms with Gasteiger partial charge < -0.3 is 5.11 Å². The molecule has 0 saturated heterocycles. The van der Waals surface area contributed by atoms with E-state index in [4.69, 9.17) is 0 Å². The van der Waals surface area contributed by atoms with Crippen molar-refractivity contribution in [2.24, 2.45) is 0 Å². The summed E-state index contributed by atoms with van der Waals surface area (Å²) in [6.45, 7) is 2.90. The molecule has 2 aromatic rings. The van der Waals surface area contributed by atoms with Gasteiger partial charge in [0.05, 0.1) is 5.69 Å². The molecule has 0 aliphatic heterocycles. The Morgan fingerprint density at radius 3 is 2.69 bits per heavy atom. The van der Waals surface area contributed by atoms with Crippen LogP contribution in [0.2, 0.25) is 0 Å². The summed E-state index contributed by atoms with van der Waals surface area (Å²) >= 11 is 0. The molecule has 2 rings (SSSR count). The van der Waals surface area contributed by atoms with E-state index in [1.807, 2.05) is 30.3 Å². The van der Waals surface area contributed by atoms with Gasteiger partial charge in [-0.2, -0.15) is 5.10 Å². The first-order valence-electron chi connectivity index (χ1n) is 5.63. The number of aromatic hydroxyl groups is 1. The highest BCUT2D eigenvalue weighted by molar-refractivity contribution is 5.59. The lowest BCUT2D eigenvalue weighted by Gasteiger charge is -2.00. The SMILES string of the molecule is CCCCn1nc(-c2ccccc2)cc1O. The molecular formula is C13H16N2O. The first-order chi connectivity index (χ1) is 7.81. The fourth-order valence-corrected chi connectivity index (χ4v) is 1.63. The minimum Gasteiger partial charge on any atom is -0.493 e. The molecule has 0 saturated carbocycles. The second-order valence-corrected chi connectivity index (χ2v) is 3.83. The average Bonchev–Trinajstić information content (AvgIpc) is 2.69. The summed E-state index contributed by atoms with van der Waals surface area (Å²) in [5, 5.41) is 14.1. The van der Waals surface area contributed by atoms with E-state index in [1.165, 1.54) is 0 Å². The highest BCUT2D eigenvalue weighted by Gasteiger charge is 2.07. The van der Waals surface area contributed by atoms with E-state index in [0.717, 1.165) is 30.6 Å². The predicted molar refractivity (Wildman–Crippen MR) is 64.2 cm³/mol. The van der Waals surface area contributed by atoms with Gasteiger partial charge >= 0.3 is 0 Å². The van der Waals surface area contributed by atoms with Crippen molar-refractivity contribution in [2.75, 3.05) is 0 Å². The zero-order chi connectivity index (χ0) is 11.4. The molecule has 0 unspecified atom stereocenters. The van der Waals surface area contributed by atoms with Gasteiger partial charge in [0.25, 0.3) is 0 Å². The average molecular weight is 216 g/mol. The molecule has 1 N–H and O–H groups in total. The zero-order valence-electron chi connectivity index (χ0n) is 9.43. The molecule has 0 atom stereocenters. The van der Waals surface area contributed by atoms with Crippen LogP contribution in [0, 0.1) is 0 Å². The lowest BCUT2D eigenvalue weighted by molar-refractivity contribution is 0.394. The number of unbranched alkanes of at least 4 members (excludes halogenated alkanes) is 1. The highest BCUT2D eigenvalue weighted by atomic mass is 16.3. The van der Waals surface area contributed by atoms with Crippen LogP contribution in [0.1, 0.15) is 19.8 Å². The quantitative estimate of drug-likeness (QED) is 0.853. The summed E-state index contributed by atoms with van der Waals surface area (Å²) < 4.78 is 1.66. The van der Waals surface area contributed by atoms with Crippen molar-refractivity contribution in [3.8, 4) is 17.1 Å². The second-order valence-electron chi connectivity index (χ2n) is 3.83. The predicted octanol–water partition coefficient (Wildman–Crippen LogP) is 3.06. The summed E-state index contributed by atoms with van der Waals surface area (Å²) in [6, 6.07) is 11.6. The Hall–Kier alpha value is -1.77. The Kier molecular flexibility index (Phi) is 3.25. The van der Waals surface area contributed by atoms with Crippen molar-refractivity contribution in [1.29, 1.82) is 0 Å². The molecule has 1 aromatic heterocycles. The summed E-state index contributed by atoms with van der Waals surface area (Å²) in [6.07, 6.45) is 2.13. The molecule has 3 heteroatoms. The topological polar surface area (TPSA) is 38.0 Å². The standard InChI is InChI=1S/C13H16N2O/c1-2-3-9-15-13(16)10-12(14-15)11-7-5-4-6-8-11/h4-8,10,16H,2-3,9H2,1H3. The fourth-order valence-electron chi connectivity index (χ4n) is 1.63. The number of nitrogens with zero attached hydrogens (tertiary/aromatic N) is 2. The monoisotopic (exact) mass is 216 g/mol. The van der Waals surface area contributed by atoms with Crippen molar-refractivity contribution >= 4 is 0 Å². The summed E-state index contributed by atoms with van der Waals surface area (Å²) in [5.74, 6) is 0.243. The first-order valence-corrected chi connectivity index (χ1v) is 5.63. The van der Waals surface area contributed by atoms with Crippen molar-refractivity contribution < 1.29 is 5.11 Å². The minimum atomic E-state index is 0.243. The van der Waals surface area contributed by atoms with Gasteiger partial charge in [0.15, 0.2) is 0 Å². The van der Waals surface area contributed by atoms with Crippen LogP contribution in [-0.4, -0.2) is 14.9 Å². The molecule has 0 radical (unpaired) electrons. The van der Waals surface area contributed by atoms with Crippen molar-refractivity contribution in [1.82, 2.24) is 9.78 Å². The van der Waals surface area contributed by atoms with E-state index in [1.54, 1.807) is 10.7 Å². The van der Waals surface area contributed by atoms with E-state index in [2.05, 4.69) is 12.0 Å². The highest BCUT2D eigenvalue weighted by Crippen LogP contribution is 2.22. The van der Waals surface area contributed by atoms with Crippen LogP contribution in [0.5, 0.6) is 5.88 Å². The molecule has 0 aliphatic carbocycles. The third kappa shape index (κ3) is 2.24. The number of benzene rings is 1. The molecule has 84 valence electrons. The normalized spacial score (nSPS) is 10.6. The third-order valence-electron chi connectivity index (χ3n) is 2.55. The number of aromatic nitrogens is 2. The van der Waals surface area contributed by atoms with Crippen molar-refractivity contribution in [3.63, 3.8) is 0 Å². The molecule has 0 amide bonds. The smallest absolute Gasteiger partial charge is 0.209 e. The largest absolute Gasteiger partial charge is 0.493 e. The maximum Gasteiger partial charge on any atom is 0.209 e. The Morgan fingerprint density at radius 1 is 1.25 bits per heavy atom. The van der Waals surface area contributed by atoms with E-state index in [0.29, 0.717) is 0 Å². The van der Waals surface area contributed by atoms with Crippen LogP contribution in [0.15, 0.2) is 36.4 Å². The lowest BCUT2D eigenvalue weighted by Crippen LogP contribution is -1.99. The molecule has 0 aliphatic rings. The number of hydrogen-bond donors (Lipinski definition) is 1. The second kappa shape index (κ2) is 4.84. The summed E-state index contributed by atoms with van der Waals surface area (Å²) in [7, 11) is 0. The number of hydrogen-bond acceptors (Lipinski definition) is 2. The molecule has 0 bridgehead atoms. The number of aryl methyl sites for hydroxylation is 1. The Bertz CT molecular complexity index is 448. The van der Waals surface area contributed by atoms with E-state index in [9.17, 15) is 5.11 Å². The maximum absolute atomic E-state index is 9.72. The minimum absolute atomic E-state index is 0.243.